The lowest BCUT2D eigenvalue weighted by atomic mass is 10.3. The standard InChI is InChI=1S/C13H13F2N5S/c14-8-3-4-9(15)10(7-8)21-13-18-11(16)17-12(19-13)20-5-1-2-6-20/h3-4,7H,1-2,5-6H2,(H2,16,17,18,19). The number of rotatable bonds is 3. The monoisotopic (exact) mass is 309 g/mol. The molecule has 0 amide bonds. The van der Waals surface area contributed by atoms with Gasteiger partial charge in [-0.2, -0.15) is 15.0 Å². The quantitative estimate of drug-likeness (QED) is 0.939. The van der Waals surface area contributed by atoms with E-state index in [0.717, 1.165) is 55.9 Å². The van der Waals surface area contributed by atoms with E-state index in [1.54, 1.807) is 0 Å². The van der Waals surface area contributed by atoms with Crippen molar-refractivity contribution < 1.29 is 8.78 Å². The average Bonchev–Trinajstić information content (AvgIpc) is 2.96. The zero-order valence-electron chi connectivity index (χ0n) is 11.1. The summed E-state index contributed by atoms with van der Waals surface area (Å²) in [6, 6.07) is 3.25. The maximum Gasteiger partial charge on any atom is 0.231 e. The molecule has 1 aromatic carbocycles. The number of aromatic nitrogens is 3. The Kier molecular flexibility index (Phi) is 3.87. The van der Waals surface area contributed by atoms with E-state index >= 15 is 0 Å². The molecule has 0 saturated carbocycles. The SMILES string of the molecule is Nc1nc(Sc2cc(F)ccc2F)nc(N2CCCC2)n1. The third-order valence-corrected chi connectivity index (χ3v) is 4.00. The molecule has 0 spiro atoms. The zero-order valence-corrected chi connectivity index (χ0v) is 11.9. The van der Waals surface area contributed by atoms with E-state index < -0.39 is 11.6 Å². The summed E-state index contributed by atoms with van der Waals surface area (Å²) in [6.07, 6.45) is 2.15. The van der Waals surface area contributed by atoms with Gasteiger partial charge >= 0.3 is 0 Å². The van der Waals surface area contributed by atoms with Crippen LogP contribution in [0.3, 0.4) is 0 Å². The molecule has 0 bridgehead atoms. The highest BCUT2D eigenvalue weighted by Crippen LogP contribution is 2.29. The second-order valence-corrected chi connectivity index (χ2v) is 5.66. The Morgan fingerprint density at radius 3 is 2.62 bits per heavy atom. The molecule has 0 unspecified atom stereocenters. The van der Waals surface area contributed by atoms with E-state index in [1.165, 1.54) is 0 Å². The molecule has 0 atom stereocenters. The topological polar surface area (TPSA) is 67.9 Å². The first kappa shape index (κ1) is 14.0. The Labute approximate surface area is 124 Å². The number of nitrogens with two attached hydrogens (primary N) is 1. The molecule has 1 saturated heterocycles. The van der Waals surface area contributed by atoms with E-state index in [9.17, 15) is 8.78 Å². The first-order valence-corrected chi connectivity index (χ1v) is 7.33. The second-order valence-electron chi connectivity index (χ2n) is 4.65. The molecule has 3 rings (SSSR count). The molecule has 5 nitrogen and oxygen atoms in total. The molecule has 1 fully saturated rings. The lowest BCUT2D eigenvalue weighted by molar-refractivity contribution is 0.577. The van der Waals surface area contributed by atoms with E-state index in [4.69, 9.17) is 5.73 Å². The van der Waals surface area contributed by atoms with Gasteiger partial charge in [0.15, 0.2) is 5.16 Å². The lowest BCUT2D eigenvalue weighted by Gasteiger charge is -2.15. The fourth-order valence-electron chi connectivity index (χ4n) is 2.12. The van der Waals surface area contributed by atoms with Crippen LogP contribution in [0.15, 0.2) is 28.3 Å². The normalized spacial score (nSPS) is 14.7. The van der Waals surface area contributed by atoms with Crippen molar-refractivity contribution in [2.24, 2.45) is 0 Å². The summed E-state index contributed by atoms with van der Waals surface area (Å²) in [6.45, 7) is 1.73. The van der Waals surface area contributed by atoms with Crippen molar-refractivity contribution >= 4 is 23.7 Å². The van der Waals surface area contributed by atoms with Gasteiger partial charge in [0.1, 0.15) is 11.6 Å². The fourth-order valence-corrected chi connectivity index (χ4v) is 2.92. The van der Waals surface area contributed by atoms with Crippen LogP contribution in [0.2, 0.25) is 0 Å². The summed E-state index contributed by atoms with van der Waals surface area (Å²) in [4.78, 5) is 14.5. The number of nitrogens with zero attached hydrogens (tertiary/aromatic N) is 4. The van der Waals surface area contributed by atoms with Crippen LogP contribution in [-0.4, -0.2) is 28.0 Å². The van der Waals surface area contributed by atoms with E-state index in [0.29, 0.717) is 5.95 Å². The number of anilines is 2. The minimum atomic E-state index is -0.525. The first-order valence-electron chi connectivity index (χ1n) is 6.51. The summed E-state index contributed by atoms with van der Waals surface area (Å²) in [7, 11) is 0. The third-order valence-electron chi connectivity index (χ3n) is 3.10. The zero-order chi connectivity index (χ0) is 14.8. The van der Waals surface area contributed by atoms with Crippen LogP contribution in [0.1, 0.15) is 12.8 Å². The Morgan fingerprint density at radius 1 is 1.10 bits per heavy atom. The molecule has 1 aliphatic heterocycles. The number of hydrogen-bond donors (Lipinski definition) is 1. The van der Waals surface area contributed by atoms with E-state index in [-0.39, 0.29) is 16.0 Å². The van der Waals surface area contributed by atoms with Gasteiger partial charge in [-0.05, 0) is 42.8 Å². The van der Waals surface area contributed by atoms with Crippen LogP contribution in [0.25, 0.3) is 0 Å². The maximum atomic E-state index is 13.7. The van der Waals surface area contributed by atoms with Crippen molar-refractivity contribution in [2.45, 2.75) is 22.9 Å². The molecular weight excluding hydrogens is 296 g/mol. The van der Waals surface area contributed by atoms with Gasteiger partial charge in [-0.15, -0.1) is 0 Å². The first-order chi connectivity index (χ1) is 10.1. The highest BCUT2D eigenvalue weighted by Gasteiger charge is 2.17. The Bertz CT molecular complexity index is 661. The Hall–Kier alpha value is -1.96. The lowest BCUT2D eigenvalue weighted by Crippen LogP contribution is -2.21. The van der Waals surface area contributed by atoms with Crippen molar-refractivity contribution in [3.05, 3.63) is 29.8 Å². The summed E-state index contributed by atoms with van der Waals surface area (Å²) in [5.74, 6) is -0.477. The predicted octanol–water partition coefficient (Wildman–Crippen LogP) is 2.48. The van der Waals surface area contributed by atoms with Gasteiger partial charge in [0.05, 0.1) is 4.90 Å². The van der Waals surface area contributed by atoms with Crippen LogP contribution in [0, 0.1) is 11.6 Å². The molecule has 0 radical (unpaired) electrons. The third kappa shape index (κ3) is 3.21. The second kappa shape index (κ2) is 5.80. The van der Waals surface area contributed by atoms with Crippen LogP contribution in [-0.2, 0) is 0 Å². The summed E-state index contributed by atoms with van der Waals surface area (Å²) >= 11 is 0.932. The van der Waals surface area contributed by atoms with Gasteiger partial charge in [-0.25, -0.2) is 8.78 Å². The highest BCUT2D eigenvalue weighted by atomic mass is 32.2. The van der Waals surface area contributed by atoms with Gasteiger partial charge in [0.25, 0.3) is 0 Å². The van der Waals surface area contributed by atoms with Crippen molar-refractivity contribution in [2.75, 3.05) is 23.7 Å². The van der Waals surface area contributed by atoms with Gasteiger partial charge in [-0.3, -0.25) is 0 Å². The summed E-state index contributed by atoms with van der Waals surface area (Å²) in [5.41, 5.74) is 5.68. The molecule has 110 valence electrons. The molecule has 0 aliphatic carbocycles. The van der Waals surface area contributed by atoms with E-state index in [1.807, 2.05) is 4.90 Å². The van der Waals surface area contributed by atoms with Crippen LogP contribution in [0.4, 0.5) is 20.7 Å². The number of halogens is 2. The van der Waals surface area contributed by atoms with Gasteiger partial charge in [-0.1, -0.05) is 0 Å². The molecule has 1 aliphatic rings. The van der Waals surface area contributed by atoms with Gasteiger partial charge in [0.2, 0.25) is 11.9 Å². The van der Waals surface area contributed by atoms with E-state index in [2.05, 4.69) is 15.0 Å². The Balaban J connectivity index is 1.89. The van der Waals surface area contributed by atoms with Crippen LogP contribution >= 0.6 is 11.8 Å². The number of hydrogen-bond acceptors (Lipinski definition) is 6. The largest absolute Gasteiger partial charge is 0.368 e. The highest BCUT2D eigenvalue weighted by molar-refractivity contribution is 7.99. The molecular formula is C13H13F2N5S. The number of benzene rings is 1. The molecule has 8 heteroatoms. The molecule has 2 heterocycles. The molecule has 2 N–H and O–H groups in total. The predicted molar refractivity (Wildman–Crippen MR) is 76.2 cm³/mol. The molecule has 1 aromatic heterocycles. The Morgan fingerprint density at radius 2 is 1.86 bits per heavy atom. The minimum Gasteiger partial charge on any atom is -0.368 e. The minimum absolute atomic E-state index is 0.0752. The van der Waals surface area contributed by atoms with Crippen LogP contribution in [0.5, 0.6) is 0 Å². The molecule has 21 heavy (non-hydrogen) atoms. The molecule has 2 aromatic rings. The maximum absolute atomic E-state index is 13.7. The van der Waals surface area contributed by atoms with Crippen molar-refractivity contribution in [1.29, 1.82) is 0 Å². The van der Waals surface area contributed by atoms with Crippen LogP contribution < -0.4 is 10.6 Å². The van der Waals surface area contributed by atoms with Gasteiger partial charge in [0, 0.05) is 13.1 Å². The smallest absolute Gasteiger partial charge is 0.231 e. The summed E-state index contributed by atoms with van der Waals surface area (Å²) in [5, 5.41) is 0.258. The van der Waals surface area contributed by atoms with Crippen molar-refractivity contribution in [1.82, 2.24) is 15.0 Å². The van der Waals surface area contributed by atoms with Crippen molar-refractivity contribution in [3.8, 4) is 0 Å². The summed E-state index contributed by atoms with van der Waals surface area (Å²) < 4.78 is 26.8. The van der Waals surface area contributed by atoms with Gasteiger partial charge < -0.3 is 10.6 Å². The average molecular weight is 309 g/mol. The fraction of sp³-hybridized carbons (Fsp3) is 0.308. The number of nitrogen functional groups attached to an aromatic ring is 1. The van der Waals surface area contributed by atoms with Crippen molar-refractivity contribution in [3.63, 3.8) is 0 Å².